The minimum atomic E-state index is -0.848. The zero-order valence-electron chi connectivity index (χ0n) is 12.5. The number of hydrogen-bond donors (Lipinski definition) is 1. The number of halogens is 2. The lowest BCUT2D eigenvalue weighted by Crippen LogP contribution is -2.39. The molecule has 0 bridgehead atoms. The van der Waals surface area contributed by atoms with Gasteiger partial charge in [-0.2, -0.15) is 0 Å². The largest absolute Gasteiger partial charge is 0.480 e. The van der Waals surface area contributed by atoms with Gasteiger partial charge in [-0.1, -0.05) is 46.3 Å². The normalized spacial score (nSPS) is 19.7. The van der Waals surface area contributed by atoms with Crippen LogP contribution in [0.15, 0.2) is 53.0 Å². The topological polar surface area (TPSA) is 40.5 Å². The smallest absolute Gasteiger partial charge is 0.320 e. The fourth-order valence-corrected chi connectivity index (χ4v) is 3.70. The lowest BCUT2D eigenvalue weighted by molar-refractivity contribution is -0.142. The second-order valence-corrected chi connectivity index (χ2v) is 6.63. The fourth-order valence-electron chi connectivity index (χ4n) is 3.29. The van der Waals surface area contributed by atoms with E-state index < -0.39 is 18.1 Å². The minimum Gasteiger partial charge on any atom is -0.480 e. The molecule has 1 saturated heterocycles. The molecule has 1 aliphatic heterocycles. The molecule has 23 heavy (non-hydrogen) atoms. The summed E-state index contributed by atoms with van der Waals surface area (Å²) in [4.78, 5) is 13.5. The molecule has 0 amide bonds. The Bertz CT molecular complexity index is 722. The molecule has 120 valence electrons. The molecule has 1 heterocycles. The Morgan fingerprint density at radius 3 is 2.74 bits per heavy atom. The Morgan fingerprint density at radius 1 is 1.26 bits per heavy atom. The molecular formula is C18H17BrFNO2. The van der Waals surface area contributed by atoms with E-state index in [1.54, 1.807) is 18.2 Å². The van der Waals surface area contributed by atoms with E-state index in [9.17, 15) is 14.3 Å². The summed E-state index contributed by atoms with van der Waals surface area (Å²) in [7, 11) is 0. The van der Waals surface area contributed by atoms with Gasteiger partial charge < -0.3 is 5.11 Å². The Balaban J connectivity index is 2.11. The van der Waals surface area contributed by atoms with Crippen LogP contribution in [0.3, 0.4) is 0 Å². The van der Waals surface area contributed by atoms with Gasteiger partial charge in [0.05, 0.1) is 6.04 Å². The Hall–Kier alpha value is -1.72. The van der Waals surface area contributed by atoms with E-state index in [1.807, 2.05) is 29.2 Å². The van der Waals surface area contributed by atoms with Crippen molar-refractivity contribution < 1.29 is 14.3 Å². The first-order valence-electron chi connectivity index (χ1n) is 7.56. The summed E-state index contributed by atoms with van der Waals surface area (Å²) in [6, 6.07) is 13.2. The van der Waals surface area contributed by atoms with Gasteiger partial charge >= 0.3 is 5.97 Å². The van der Waals surface area contributed by atoms with Crippen molar-refractivity contribution in [3.05, 3.63) is 69.9 Å². The first-order valence-corrected chi connectivity index (χ1v) is 8.35. The van der Waals surface area contributed by atoms with Crippen LogP contribution in [0.2, 0.25) is 0 Å². The predicted octanol–water partition coefficient (Wildman–Crippen LogP) is 4.23. The van der Waals surface area contributed by atoms with Gasteiger partial charge in [-0.05, 0) is 36.6 Å². The van der Waals surface area contributed by atoms with E-state index in [-0.39, 0.29) is 5.82 Å². The van der Waals surface area contributed by atoms with Crippen molar-refractivity contribution in [3.63, 3.8) is 0 Å². The summed E-state index contributed by atoms with van der Waals surface area (Å²) in [6.45, 7) is 0.641. The standard InChI is InChI=1S/C18H17BrFNO2/c19-13-6-3-5-12(11-13)17(14-7-1-2-8-15(14)20)21-10-4-9-16(21)18(22)23/h1-3,5-8,11,16-17H,4,9-10H2,(H,22,23). The summed E-state index contributed by atoms with van der Waals surface area (Å²) in [5.41, 5.74) is 1.40. The minimum absolute atomic E-state index is 0.312. The van der Waals surface area contributed by atoms with Crippen LogP contribution in [-0.4, -0.2) is 28.6 Å². The van der Waals surface area contributed by atoms with Gasteiger partial charge in [0.2, 0.25) is 0 Å². The highest BCUT2D eigenvalue weighted by atomic mass is 79.9. The summed E-state index contributed by atoms with van der Waals surface area (Å²) >= 11 is 3.45. The maximum atomic E-state index is 14.4. The van der Waals surface area contributed by atoms with Crippen molar-refractivity contribution >= 4 is 21.9 Å². The molecule has 0 saturated carbocycles. The van der Waals surface area contributed by atoms with Crippen molar-refractivity contribution in [2.75, 3.05) is 6.54 Å². The first-order chi connectivity index (χ1) is 11.1. The molecule has 2 atom stereocenters. The highest BCUT2D eigenvalue weighted by molar-refractivity contribution is 9.10. The first kappa shape index (κ1) is 16.1. The summed E-state index contributed by atoms with van der Waals surface area (Å²) in [5, 5.41) is 9.51. The number of rotatable bonds is 4. The molecular weight excluding hydrogens is 361 g/mol. The van der Waals surface area contributed by atoms with Crippen LogP contribution in [0.4, 0.5) is 4.39 Å². The van der Waals surface area contributed by atoms with E-state index in [0.717, 1.165) is 16.5 Å². The van der Waals surface area contributed by atoms with E-state index >= 15 is 0 Å². The van der Waals surface area contributed by atoms with Crippen LogP contribution >= 0.6 is 15.9 Å². The number of aliphatic carboxylic acids is 1. The molecule has 1 aliphatic rings. The van der Waals surface area contributed by atoms with Gasteiger partial charge in [-0.25, -0.2) is 4.39 Å². The molecule has 0 aromatic heterocycles. The highest BCUT2D eigenvalue weighted by Gasteiger charge is 2.37. The van der Waals surface area contributed by atoms with Crippen LogP contribution in [0, 0.1) is 5.82 Å². The monoisotopic (exact) mass is 377 g/mol. The molecule has 3 rings (SSSR count). The number of benzene rings is 2. The predicted molar refractivity (Wildman–Crippen MR) is 89.7 cm³/mol. The average Bonchev–Trinajstić information content (AvgIpc) is 2.99. The molecule has 5 heteroatoms. The van der Waals surface area contributed by atoms with E-state index in [0.29, 0.717) is 18.5 Å². The Labute approximate surface area is 142 Å². The van der Waals surface area contributed by atoms with Crippen LogP contribution in [0.1, 0.15) is 30.0 Å². The lowest BCUT2D eigenvalue weighted by Gasteiger charge is -2.32. The summed E-state index contributed by atoms with van der Waals surface area (Å²) in [5.74, 6) is -1.16. The third kappa shape index (κ3) is 3.31. The van der Waals surface area contributed by atoms with Gasteiger partial charge in [0.15, 0.2) is 0 Å². The molecule has 3 nitrogen and oxygen atoms in total. The van der Waals surface area contributed by atoms with Gasteiger partial charge in [-0.15, -0.1) is 0 Å². The van der Waals surface area contributed by atoms with Crippen LogP contribution in [0.25, 0.3) is 0 Å². The molecule has 2 aromatic carbocycles. The quantitative estimate of drug-likeness (QED) is 0.866. The molecule has 0 radical (unpaired) electrons. The van der Waals surface area contributed by atoms with Gasteiger partial charge in [-0.3, -0.25) is 9.69 Å². The van der Waals surface area contributed by atoms with Gasteiger partial charge in [0.25, 0.3) is 0 Å². The van der Waals surface area contributed by atoms with Crippen molar-refractivity contribution in [2.24, 2.45) is 0 Å². The van der Waals surface area contributed by atoms with Crippen LogP contribution in [-0.2, 0) is 4.79 Å². The number of carbonyl (C=O) groups is 1. The number of likely N-dealkylation sites (tertiary alicyclic amines) is 1. The van der Waals surface area contributed by atoms with Crippen molar-refractivity contribution in [3.8, 4) is 0 Å². The zero-order chi connectivity index (χ0) is 16.4. The van der Waals surface area contributed by atoms with Crippen molar-refractivity contribution in [2.45, 2.75) is 24.9 Å². The molecule has 2 unspecified atom stereocenters. The van der Waals surface area contributed by atoms with Gasteiger partial charge in [0.1, 0.15) is 11.9 Å². The Morgan fingerprint density at radius 2 is 2.04 bits per heavy atom. The fraction of sp³-hybridized carbons (Fsp3) is 0.278. The van der Waals surface area contributed by atoms with Crippen LogP contribution < -0.4 is 0 Å². The summed E-state index contributed by atoms with van der Waals surface area (Å²) < 4.78 is 15.3. The molecule has 0 aliphatic carbocycles. The third-order valence-corrected chi connectivity index (χ3v) is 4.77. The lowest BCUT2D eigenvalue weighted by atomic mass is 9.96. The van der Waals surface area contributed by atoms with Gasteiger partial charge in [0, 0.05) is 16.6 Å². The molecule has 2 aromatic rings. The van der Waals surface area contributed by atoms with Crippen LogP contribution in [0.5, 0.6) is 0 Å². The maximum Gasteiger partial charge on any atom is 0.320 e. The average molecular weight is 378 g/mol. The maximum absolute atomic E-state index is 14.4. The number of carboxylic acids is 1. The molecule has 0 spiro atoms. The highest BCUT2D eigenvalue weighted by Crippen LogP contribution is 2.36. The SMILES string of the molecule is O=C(O)C1CCCN1C(c1cccc(Br)c1)c1ccccc1F. The summed E-state index contributed by atoms with van der Waals surface area (Å²) in [6.07, 6.45) is 1.39. The molecule has 1 fully saturated rings. The number of nitrogens with zero attached hydrogens (tertiary/aromatic N) is 1. The molecule has 1 N–H and O–H groups in total. The van der Waals surface area contributed by atoms with E-state index in [2.05, 4.69) is 15.9 Å². The second kappa shape index (κ2) is 6.81. The third-order valence-electron chi connectivity index (χ3n) is 4.28. The van der Waals surface area contributed by atoms with Crippen molar-refractivity contribution in [1.82, 2.24) is 4.90 Å². The Kier molecular flexibility index (Phi) is 4.78. The zero-order valence-corrected chi connectivity index (χ0v) is 14.0. The van der Waals surface area contributed by atoms with E-state index in [4.69, 9.17) is 0 Å². The number of carboxylic acid groups (broad SMARTS) is 1. The second-order valence-electron chi connectivity index (χ2n) is 5.71. The van der Waals surface area contributed by atoms with E-state index in [1.165, 1.54) is 6.07 Å². The number of hydrogen-bond acceptors (Lipinski definition) is 2. The van der Waals surface area contributed by atoms with Crippen molar-refractivity contribution in [1.29, 1.82) is 0 Å².